The van der Waals surface area contributed by atoms with Gasteiger partial charge in [-0.15, -0.1) is 0 Å². The number of nitrogens with two attached hydrogens (primary N) is 1. The molecule has 1 aliphatic heterocycles. The predicted octanol–water partition coefficient (Wildman–Crippen LogP) is 3.49. The zero-order valence-electron chi connectivity index (χ0n) is 16.3. The van der Waals surface area contributed by atoms with Gasteiger partial charge in [0.2, 0.25) is 0 Å². The van der Waals surface area contributed by atoms with Gasteiger partial charge in [-0.1, -0.05) is 12.1 Å². The number of nitrogens with zero attached hydrogens (tertiary/aromatic N) is 2. The number of rotatable bonds is 6. The number of para-hydroxylation sites is 2. The Bertz CT molecular complexity index is 895. The van der Waals surface area contributed by atoms with Crippen LogP contribution in [-0.4, -0.2) is 47.7 Å². The van der Waals surface area contributed by atoms with Crippen LogP contribution < -0.4 is 16.0 Å². The molecule has 2 aromatic rings. The van der Waals surface area contributed by atoms with Crippen molar-refractivity contribution in [3.05, 3.63) is 54.1 Å². The molecule has 1 atom stereocenters. The second-order valence-corrected chi connectivity index (χ2v) is 7.86. The van der Waals surface area contributed by atoms with Gasteiger partial charge in [-0.3, -0.25) is 4.79 Å². The second-order valence-electron chi connectivity index (χ2n) is 7.86. The van der Waals surface area contributed by atoms with Crippen molar-refractivity contribution in [3.8, 4) is 0 Å². The zero-order chi connectivity index (χ0) is 20.4. The average molecular weight is 394 g/mol. The minimum absolute atomic E-state index is 0.0251. The van der Waals surface area contributed by atoms with Gasteiger partial charge in [-0.25, -0.2) is 4.79 Å². The molecule has 7 nitrogen and oxygen atoms in total. The van der Waals surface area contributed by atoms with Gasteiger partial charge >= 0.3 is 6.09 Å². The molecule has 152 valence electrons. The summed E-state index contributed by atoms with van der Waals surface area (Å²) in [5.41, 5.74) is 8.54. The predicted molar refractivity (Wildman–Crippen MR) is 113 cm³/mol. The third kappa shape index (κ3) is 4.45. The Morgan fingerprint density at radius 3 is 2.48 bits per heavy atom. The van der Waals surface area contributed by atoms with Gasteiger partial charge < -0.3 is 26.0 Å². The Balaban J connectivity index is 1.38. The number of hydrogen-bond acceptors (Lipinski definition) is 4. The fourth-order valence-corrected chi connectivity index (χ4v) is 3.82. The standard InChI is InChI=1S/C22H26N4O3/c23-19-3-1-2-4-20(19)24-21(27)16-7-9-17(10-8-16)25-12-11-18(14-25)26(22(28)29)13-15-5-6-15/h1-4,7-10,15,18H,5-6,11-14,23H2,(H,24,27)(H,28,29)/t18-/m0/s1. The molecule has 2 aliphatic rings. The quantitative estimate of drug-likeness (QED) is 0.652. The van der Waals surface area contributed by atoms with Crippen LogP contribution >= 0.6 is 0 Å². The summed E-state index contributed by atoms with van der Waals surface area (Å²) < 4.78 is 0. The van der Waals surface area contributed by atoms with E-state index in [4.69, 9.17) is 5.73 Å². The first-order valence-electron chi connectivity index (χ1n) is 10.0. The minimum atomic E-state index is -0.823. The molecule has 0 spiro atoms. The maximum atomic E-state index is 12.5. The van der Waals surface area contributed by atoms with Crippen molar-refractivity contribution < 1.29 is 14.7 Å². The van der Waals surface area contributed by atoms with Crippen LogP contribution in [0.4, 0.5) is 21.9 Å². The van der Waals surface area contributed by atoms with E-state index in [0.29, 0.717) is 35.9 Å². The van der Waals surface area contributed by atoms with Gasteiger partial charge in [0, 0.05) is 30.9 Å². The van der Waals surface area contributed by atoms with Gasteiger partial charge in [0.25, 0.3) is 5.91 Å². The first-order chi connectivity index (χ1) is 14.0. The van der Waals surface area contributed by atoms with Crippen LogP contribution in [0.25, 0.3) is 0 Å². The molecule has 2 amide bonds. The van der Waals surface area contributed by atoms with Crippen LogP contribution in [0.5, 0.6) is 0 Å². The lowest BCUT2D eigenvalue weighted by Crippen LogP contribution is -2.42. The van der Waals surface area contributed by atoms with E-state index in [2.05, 4.69) is 10.2 Å². The SMILES string of the molecule is Nc1ccccc1NC(=O)c1ccc(N2CC[C@H](N(CC3CC3)C(=O)O)C2)cc1. The maximum absolute atomic E-state index is 12.5. The Morgan fingerprint density at radius 2 is 1.83 bits per heavy atom. The highest BCUT2D eigenvalue weighted by atomic mass is 16.4. The Morgan fingerprint density at radius 1 is 1.10 bits per heavy atom. The minimum Gasteiger partial charge on any atom is -0.465 e. The van der Waals surface area contributed by atoms with Crippen molar-refractivity contribution in [1.29, 1.82) is 0 Å². The number of carboxylic acid groups (broad SMARTS) is 1. The van der Waals surface area contributed by atoms with E-state index in [-0.39, 0.29) is 11.9 Å². The van der Waals surface area contributed by atoms with Crippen molar-refractivity contribution in [2.75, 3.05) is 35.6 Å². The molecule has 1 saturated carbocycles. The highest BCUT2D eigenvalue weighted by Crippen LogP contribution is 2.32. The number of amides is 2. The summed E-state index contributed by atoms with van der Waals surface area (Å²) in [4.78, 5) is 27.9. The van der Waals surface area contributed by atoms with Crippen LogP contribution in [0.2, 0.25) is 0 Å². The lowest BCUT2D eigenvalue weighted by molar-refractivity contribution is 0.102. The summed E-state index contributed by atoms with van der Waals surface area (Å²) in [7, 11) is 0. The Hall–Kier alpha value is -3.22. The molecule has 1 aliphatic carbocycles. The maximum Gasteiger partial charge on any atom is 0.407 e. The van der Waals surface area contributed by atoms with E-state index < -0.39 is 6.09 Å². The first kappa shape index (κ1) is 19.1. The highest BCUT2D eigenvalue weighted by molar-refractivity contribution is 6.05. The molecule has 0 aromatic heterocycles. The van der Waals surface area contributed by atoms with E-state index in [1.165, 1.54) is 0 Å². The monoisotopic (exact) mass is 394 g/mol. The van der Waals surface area contributed by atoms with Gasteiger partial charge in [-0.2, -0.15) is 0 Å². The third-order valence-corrected chi connectivity index (χ3v) is 5.71. The number of carbonyl (C=O) groups is 2. The molecule has 1 heterocycles. The van der Waals surface area contributed by atoms with Crippen LogP contribution in [-0.2, 0) is 0 Å². The largest absolute Gasteiger partial charge is 0.465 e. The van der Waals surface area contributed by atoms with Crippen molar-refractivity contribution in [1.82, 2.24) is 4.90 Å². The van der Waals surface area contributed by atoms with Gasteiger partial charge in [0.1, 0.15) is 0 Å². The fraction of sp³-hybridized carbons (Fsp3) is 0.364. The zero-order valence-corrected chi connectivity index (χ0v) is 16.3. The van der Waals surface area contributed by atoms with Gasteiger partial charge in [0.15, 0.2) is 0 Å². The van der Waals surface area contributed by atoms with Crippen LogP contribution in [0, 0.1) is 5.92 Å². The molecular weight excluding hydrogens is 368 g/mol. The van der Waals surface area contributed by atoms with Crippen LogP contribution in [0.15, 0.2) is 48.5 Å². The first-order valence-corrected chi connectivity index (χ1v) is 10.0. The number of benzene rings is 2. The third-order valence-electron chi connectivity index (χ3n) is 5.71. The van der Waals surface area contributed by atoms with Gasteiger partial charge in [-0.05, 0) is 61.6 Å². The fourth-order valence-electron chi connectivity index (χ4n) is 3.82. The second kappa shape index (κ2) is 8.03. The van der Waals surface area contributed by atoms with E-state index in [9.17, 15) is 14.7 Å². The molecule has 1 saturated heterocycles. The smallest absolute Gasteiger partial charge is 0.407 e. The summed E-state index contributed by atoms with van der Waals surface area (Å²) in [6.45, 7) is 2.14. The van der Waals surface area contributed by atoms with Gasteiger partial charge in [0.05, 0.1) is 17.4 Å². The van der Waals surface area contributed by atoms with Crippen molar-refractivity contribution in [2.24, 2.45) is 5.92 Å². The molecule has 4 N–H and O–H groups in total. The molecule has 2 fully saturated rings. The Kier molecular flexibility index (Phi) is 5.29. The molecule has 7 heteroatoms. The lowest BCUT2D eigenvalue weighted by atomic mass is 10.1. The molecule has 2 aromatic carbocycles. The normalized spacial score (nSPS) is 18.5. The molecule has 0 unspecified atom stereocenters. The molecular formula is C22H26N4O3. The van der Waals surface area contributed by atoms with Crippen LogP contribution in [0.3, 0.4) is 0 Å². The molecule has 29 heavy (non-hydrogen) atoms. The number of anilines is 3. The summed E-state index contributed by atoms with van der Waals surface area (Å²) in [6, 6.07) is 14.6. The van der Waals surface area contributed by atoms with E-state index >= 15 is 0 Å². The molecule has 4 rings (SSSR count). The Labute approximate surface area is 170 Å². The molecule has 0 bridgehead atoms. The number of nitrogen functional groups attached to an aromatic ring is 1. The summed E-state index contributed by atoms with van der Waals surface area (Å²) in [5, 5.41) is 12.4. The van der Waals surface area contributed by atoms with Crippen molar-refractivity contribution in [2.45, 2.75) is 25.3 Å². The highest BCUT2D eigenvalue weighted by Gasteiger charge is 2.34. The average Bonchev–Trinajstić information content (AvgIpc) is 3.42. The molecule has 0 radical (unpaired) electrons. The van der Waals surface area contributed by atoms with E-state index in [0.717, 1.165) is 31.5 Å². The topological polar surface area (TPSA) is 98.9 Å². The summed E-state index contributed by atoms with van der Waals surface area (Å²) >= 11 is 0. The lowest BCUT2D eigenvalue weighted by Gasteiger charge is -2.27. The van der Waals surface area contributed by atoms with Crippen molar-refractivity contribution >= 4 is 29.1 Å². The van der Waals surface area contributed by atoms with Crippen molar-refractivity contribution in [3.63, 3.8) is 0 Å². The summed E-state index contributed by atoms with van der Waals surface area (Å²) in [5.74, 6) is 0.326. The van der Waals surface area contributed by atoms with E-state index in [1.54, 1.807) is 29.2 Å². The number of hydrogen-bond donors (Lipinski definition) is 3. The van der Waals surface area contributed by atoms with Crippen LogP contribution in [0.1, 0.15) is 29.6 Å². The van der Waals surface area contributed by atoms with E-state index in [1.807, 2.05) is 24.3 Å². The summed E-state index contributed by atoms with van der Waals surface area (Å²) in [6.07, 6.45) is 2.28. The number of nitrogens with one attached hydrogen (secondary N) is 1. The number of carbonyl (C=O) groups excluding carboxylic acids is 1.